The second-order valence-electron chi connectivity index (χ2n) is 30.1. The normalized spacial score (nSPS) is 18.3. The van der Waals surface area contributed by atoms with Crippen molar-refractivity contribution in [3.63, 3.8) is 0 Å². The lowest BCUT2D eigenvalue weighted by molar-refractivity contribution is -1.09. The van der Waals surface area contributed by atoms with E-state index >= 15 is 0 Å². The van der Waals surface area contributed by atoms with Crippen molar-refractivity contribution < 1.29 is 36.3 Å². The third-order valence-corrected chi connectivity index (χ3v) is 18.2. The quantitative estimate of drug-likeness (QED) is 0.0887. The van der Waals surface area contributed by atoms with Crippen molar-refractivity contribution in [1.82, 2.24) is 0 Å². The highest BCUT2D eigenvalue weighted by molar-refractivity contribution is 5.80. The molecule has 552 valence electrons. The van der Waals surface area contributed by atoms with Crippen molar-refractivity contribution >= 4 is 21.7 Å². The Morgan fingerprint density at radius 3 is 1.01 bits per heavy atom. The van der Waals surface area contributed by atoms with Gasteiger partial charge in [0.15, 0.2) is 77.9 Å². The Balaban J connectivity index is -0.000000192. The average Bonchev–Trinajstić information content (AvgIpc) is 0.758. The molecule has 6 saturated heterocycles. The van der Waals surface area contributed by atoms with Gasteiger partial charge in [0.05, 0.1) is 37.8 Å². The summed E-state index contributed by atoms with van der Waals surface area (Å²) in [4.78, 5) is 0. The van der Waals surface area contributed by atoms with Crippen LogP contribution in [-0.2, 0) is 29.2 Å². The first kappa shape index (κ1) is 104. The van der Waals surface area contributed by atoms with Crippen molar-refractivity contribution in [3.05, 3.63) is 224 Å². The van der Waals surface area contributed by atoms with Crippen LogP contribution < -0.4 is 22.8 Å². The highest BCUT2D eigenvalue weighted by Crippen LogP contribution is 2.39. The molecule has 6 aliphatic rings. The lowest BCUT2D eigenvalue weighted by Gasteiger charge is -2.59. The number of para-hydroxylation sites is 1. The molecule has 5 aromatic heterocycles. The number of hydrogen-bond donors (Lipinski definition) is 0. The van der Waals surface area contributed by atoms with E-state index in [0.717, 1.165) is 5.92 Å². The van der Waals surface area contributed by atoms with Crippen LogP contribution in [0.15, 0.2) is 165 Å². The van der Waals surface area contributed by atoms with E-state index in [2.05, 4.69) is 297 Å². The number of benzene rings is 2. The summed E-state index contributed by atoms with van der Waals surface area (Å²) < 4.78 is 15.1. The number of pyridine rings is 5. The molecule has 13 rings (SSSR count). The largest absolute Gasteiger partial charge is 0.358 e. The smallest absolute Gasteiger partial charge is 0.212 e. The summed E-state index contributed by atoms with van der Waals surface area (Å²) in [7, 11) is 4.46. The van der Waals surface area contributed by atoms with Gasteiger partial charge in [-0.25, -0.2) is 18.3 Å². The Bertz CT molecular complexity index is 2970. The summed E-state index contributed by atoms with van der Waals surface area (Å²) in [5, 5.41) is 3.89. The van der Waals surface area contributed by atoms with Crippen molar-refractivity contribution in [1.29, 1.82) is 0 Å². The number of nitrogens with zero attached hydrogens (tertiary/aromatic N) is 8. The molecule has 0 radical (unpaired) electrons. The van der Waals surface area contributed by atoms with Gasteiger partial charge in [0.2, 0.25) is 5.52 Å². The SMILES string of the molecule is CC.CC.CC.CC.CC(C)(C)[N+]12CCC(CC1)CC2.CC(C)(C)[N+]12CC[N+](C)(CC1)CC2.CC(C)(C)[n+]1ccc2ccccc2c1.CC(C)(C)[n+]1cccc2ccccc21.CC(C)(C)[n+]1ccccc1.C[n+]1ccc(-c2cc[n+](C(C)(C)C)cc2)cc1.[CH3-].[CH3-].[CH3-].[CH3-].[CH3-].[CH3-].[CH3-].[CH3-]. The molecule has 0 unspecified atom stereocenters. The number of rotatable bonds is 1. The Labute approximate surface area is 601 Å². The minimum absolute atomic E-state index is 0. The van der Waals surface area contributed by atoms with E-state index in [9.17, 15) is 0 Å². The predicted molar refractivity (Wildman–Crippen MR) is 432 cm³/mol. The average molecular weight is 1330 g/mol. The van der Waals surface area contributed by atoms with Crippen LogP contribution >= 0.6 is 0 Å². The molecule has 0 aliphatic carbocycles. The third kappa shape index (κ3) is 30.8. The maximum absolute atomic E-state index is 2.43. The molecule has 6 aliphatic heterocycles. The molecular weight excluding hydrogens is 1170 g/mol. The zero-order valence-corrected chi connectivity index (χ0v) is 70.2. The van der Waals surface area contributed by atoms with Gasteiger partial charge < -0.3 is 72.9 Å². The Kier molecular flexibility index (Phi) is 49.9. The van der Waals surface area contributed by atoms with Gasteiger partial charge in [-0.05, 0) is 101 Å². The molecule has 0 atom stereocenters. The van der Waals surface area contributed by atoms with Crippen LogP contribution in [0.25, 0.3) is 32.8 Å². The van der Waals surface area contributed by atoms with Gasteiger partial charge in [0, 0.05) is 148 Å². The first-order valence-corrected chi connectivity index (χ1v) is 34.4. The Morgan fingerprint density at radius 2 is 0.646 bits per heavy atom. The summed E-state index contributed by atoms with van der Waals surface area (Å²) in [5.74, 6) is 1.09. The molecule has 0 N–H and O–H groups in total. The zero-order valence-electron chi connectivity index (χ0n) is 70.2. The lowest BCUT2D eigenvalue weighted by Crippen LogP contribution is -2.78. The molecule has 4 bridgehead atoms. The molecule has 0 amide bonds. The van der Waals surface area contributed by atoms with E-state index in [-0.39, 0.29) is 81.6 Å². The second-order valence-corrected chi connectivity index (χ2v) is 30.1. The number of piperazine rings is 3. The topological polar surface area (TPSA) is 19.4 Å². The molecule has 7 aromatic rings. The lowest BCUT2D eigenvalue weighted by atomic mass is 9.81. The molecule has 0 saturated carbocycles. The number of piperidine rings is 3. The number of quaternary nitrogens is 3. The zero-order chi connectivity index (χ0) is 67.0. The first-order valence-electron chi connectivity index (χ1n) is 34.4. The Morgan fingerprint density at radius 1 is 0.312 bits per heavy atom. The summed E-state index contributed by atoms with van der Waals surface area (Å²) in [6, 6.07) is 38.1. The van der Waals surface area contributed by atoms with Crippen LogP contribution in [0.5, 0.6) is 0 Å². The Hall–Kier alpha value is -5.41. The van der Waals surface area contributed by atoms with Gasteiger partial charge in [0.1, 0.15) is 46.3 Å². The summed E-state index contributed by atoms with van der Waals surface area (Å²) in [6.45, 7) is 69.7. The number of hydrogen-bond acceptors (Lipinski definition) is 0. The maximum atomic E-state index is 2.43. The van der Waals surface area contributed by atoms with Gasteiger partial charge in [-0.3, -0.25) is 0 Å². The summed E-state index contributed by atoms with van der Waals surface area (Å²) in [6.07, 6.45) is 23.6. The van der Waals surface area contributed by atoms with Crippen LogP contribution in [-0.4, -0.2) is 90.5 Å². The highest BCUT2D eigenvalue weighted by atomic mass is 15.5. The number of likely N-dealkylation sites (N-methyl/N-ethyl adjacent to an activating group) is 1. The van der Waals surface area contributed by atoms with Crippen molar-refractivity contribution in [3.8, 4) is 11.1 Å². The molecule has 8 nitrogen and oxygen atoms in total. The predicted octanol–water partition coefficient (Wildman–Crippen LogP) is 20.9. The monoisotopic (exact) mass is 1330 g/mol. The minimum atomic E-state index is 0. The summed E-state index contributed by atoms with van der Waals surface area (Å²) >= 11 is 0. The fraction of sp³-hybridized carbons (Fsp3) is 0.534. The molecule has 96 heavy (non-hydrogen) atoms. The third-order valence-electron chi connectivity index (χ3n) is 18.2. The highest BCUT2D eigenvalue weighted by Gasteiger charge is 2.52. The van der Waals surface area contributed by atoms with Gasteiger partial charge in [-0.1, -0.05) is 91.8 Å². The van der Waals surface area contributed by atoms with Crippen molar-refractivity contribution in [2.45, 2.75) is 233 Å². The van der Waals surface area contributed by atoms with Gasteiger partial charge in [-0.2, -0.15) is 4.57 Å². The van der Waals surface area contributed by atoms with Gasteiger partial charge in [-0.15, -0.1) is 0 Å². The van der Waals surface area contributed by atoms with Crippen molar-refractivity contribution in [2.24, 2.45) is 13.0 Å². The van der Waals surface area contributed by atoms with Gasteiger partial charge >= 0.3 is 0 Å². The van der Waals surface area contributed by atoms with E-state index in [1.165, 1.54) is 124 Å². The number of fused-ring (bicyclic) bond motifs is 8. The van der Waals surface area contributed by atoms with E-state index < -0.39 is 0 Å². The van der Waals surface area contributed by atoms with Gasteiger partial charge in [0.25, 0.3) is 0 Å². The van der Waals surface area contributed by atoms with Crippen LogP contribution in [0, 0.1) is 65.3 Å². The molecule has 6 fully saturated rings. The molecule has 11 heterocycles. The van der Waals surface area contributed by atoms with Crippen LogP contribution in [0.2, 0.25) is 0 Å². The fourth-order valence-corrected chi connectivity index (χ4v) is 11.9. The molecule has 0 spiro atoms. The minimum Gasteiger partial charge on any atom is -0.358 e. The first-order chi connectivity index (χ1) is 41.1. The van der Waals surface area contributed by atoms with Crippen LogP contribution in [0.4, 0.5) is 0 Å². The standard InChI is InChI=1S/C15H20N2.2C13H16N.C11H24N2.C11H22N.C9H14N.4C2H6.8CH3/c1-15(2,3)17-11-7-14(8-12-17)13-5-9-16(4)10-6-13;1-13(2,3)14-10-6-8-11-7-4-5-9-12(11)14;1-13(2,3)14-9-8-11-6-4-5-7-12(11)10-14;1-11(2,3)13-8-5-12(4,6-9-13)7-10-13;1-11(2,3)12-7-4-10(5-8-12)6-9-12;1-9(2,3)10-7-5-4-6-8-10;4*1-2;;;;;;;;/h5-12H,1-4H3;2*4-10H,1-3H3;5-10H2,1-4H3;10H,4-9H2,1-3H3;4-8H,1-3H3;4*1-2H3;8*1H3/q+2;2*+1;+2;2*+1;;;;;8*-1. The number of aryl methyl sites for hydroxylation is 1. The van der Waals surface area contributed by atoms with Crippen LogP contribution in [0.3, 0.4) is 0 Å². The fourth-order valence-electron chi connectivity index (χ4n) is 11.9. The van der Waals surface area contributed by atoms with Crippen LogP contribution in [0.1, 0.15) is 199 Å². The molecular formula is C88H160N8. The van der Waals surface area contributed by atoms with Crippen molar-refractivity contribution in [2.75, 3.05) is 66.0 Å². The maximum Gasteiger partial charge on any atom is 0.212 e. The van der Waals surface area contributed by atoms with E-state index in [0.29, 0.717) is 11.1 Å². The molecule has 2 aromatic carbocycles. The van der Waals surface area contributed by atoms with E-state index in [1.54, 1.807) is 0 Å². The summed E-state index contributed by atoms with van der Waals surface area (Å²) in [5.41, 5.74) is 5.41. The van der Waals surface area contributed by atoms with E-state index in [1.807, 2.05) is 85.2 Å². The number of aromatic nitrogens is 5. The second kappa shape index (κ2) is 46.0. The van der Waals surface area contributed by atoms with E-state index in [4.69, 9.17) is 0 Å². The molecule has 8 heteroatoms.